The number of unbranched alkanes of at least 4 members (excludes halogenated alkanes) is 1. The highest BCUT2D eigenvalue weighted by molar-refractivity contribution is 7.89. The molecule has 1 aromatic rings. The molecule has 0 spiro atoms. The van der Waals surface area contributed by atoms with Crippen LogP contribution in [0.2, 0.25) is 0 Å². The first-order chi connectivity index (χ1) is 7.47. The predicted octanol–water partition coefficient (Wildman–Crippen LogP) is -0.254. The summed E-state index contributed by atoms with van der Waals surface area (Å²) in [6.45, 7) is 2.73. The SMILES string of the molecule is Cc1nc(S(=O)(=O)NCCCCN)cn1C. The third-order valence-electron chi connectivity index (χ3n) is 2.28. The molecule has 0 bridgehead atoms. The molecule has 0 radical (unpaired) electrons. The first kappa shape index (κ1) is 13.1. The van der Waals surface area contributed by atoms with Crippen LogP contribution in [0, 0.1) is 6.92 Å². The van der Waals surface area contributed by atoms with E-state index >= 15 is 0 Å². The van der Waals surface area contributed by atoms with Crippen molar-refractivity contribution in [2.75, 3.05) is 13.1 Å². The van der Waals surface area contributed by atoms with Crippen LogP contribution in [0.1, 0.15) is 18.7 Å². The quantitative estimate of drug-likeness (QED) is 0.677. The number of aromatic nitrogens is 2. The first-order valence-electron chi connectivity index (χ1n) is 5.17. The van der Waals surface area contributed by atoms with Gasteiger partial charge >= 0.3 is 0 Å². The van der Waals surface area contributed by atoms with Crippen molar-refractivity contribution in [1.82, 2.24) is 14.3 Å². The Morgan fingerprint density at radius 3 is 2.69 bits per heavy atom. The van der Waals surface area contributed by atoms with Crippen molar-refractivity contribution < 1.29 is 8.42 Å². The summed E-state index contributed by atoms with van der Waals surface area (Å²) in [5, 5.41) is 0.0697. The van der Waals surface area contributed by atoms with Gasteiger partial charge in [0.15, 0.2) is 5.03 Å². The van der Waals surface area contributed by atoms with Crippen molar-refractivity contribution in [2.45, 2.75) is 24.8 Å². The zero-order valence-corrected chi connectivity index (χ0v) is 10.4. The number of imidazole rings is 1. The number of nitrogens with two attached hydrogens (primary N) is 1. The van der Waals surface area contributed by atoms with Gasteiger partial charge in [-0.25, -0.2) is 18.1 Å². The van der Waals surface area contributed by atoms with Crippen LogP contribution in [-0.2, 0) is 17.1 Å². The molecule has 6 nitrogen and oxygen atoms in total. The average molecular weight is 246 g/mol. The largest absolute Gasteiger partial charge is 0.337 e. The summed E-state index contributed by atoms with van der Waals surface area (Å²) < 4.78 is 27.7. The normalized spacial score (nSPS) is 11.9. The highest BCUT2D eigenvalue weighted by Gasteiger charge is 2.17. The van der Waals surface area contributed by atoms with Gasteiger partial charge in [-0.1, -0.05) is 0 Å². The van der Waals surface area contributed by atoms with Gasteiger partial charge in [0, 0.05) is 19.8 Å². The lowest BCUT2D eigenvalue weighted by Gasteiger charge is -2.02. The Morgan fingerprint density at radius 1 is 1.50 bits per heavy atom. The maximum Gasteiger partial charge on any atom is 0.259 e. The molecule has 1 rings (SSSR count). The van der Waals surface area contributed by atoms with Crippen molar-refractivity contribution in [3.63, 3.8) is 0 Å². The fourth-order valence-electron chi connectivity index (χ4n) is 1.21. The van der Waals surface area contributed by atoms with E-state index in [1.165, 1.54) is 6.20 Å². The van der Waals surface area contributed by atoms with E-state index in [2.05, 4.69) is 9.71 Å². The van der Waals surface area contributed by atoms with Gasteiger partial charge in [-0.3, -0.25) is 0 Å². The fourth-order valence-corrected chi connectivity index (χ4v) is 2.32. The van der Waals surface area contributed by atoms with Crippen LogP contribution in [0.4, 0.5) is 0 Å². The minimum atomic E-state index is -3.47. The monoisotopic (exact) mass is 246 g/mol. The average Bonchev–Trinajstić information content (AvgIpc) is 2.55. The van der Waals surface area contributed by atoms with Crippen LogP contribution >= 0.6 is 0 Å². The van der Waals surface area contributed by atoms with Crippen molar-refractivity contribution in [2.24, 2.45) is 12.8 Å². The Kier molecular flexibility index (Phi) is 4.45. The topological polar surface area (TPSA) is 90.0 Å². The number of sulfonamides is 1. The summed E-state index contributed by atoms with van der Waals surface area (Å²) in [6.07, 6.45) is 3.05. The van der Waals surface area contributed by atoms with E-state index in [0.29, 0.717) is 18.9 Å². The highest BCUT2D eigenvalue weighted by atomic mass is 32.2. The number of nitrogens with one attached hydrogen (secondary N) is 1. The van der Waals surface area contributed by atoms with Gasteiger partial charge in [-0.2, -0.15) is 0 Å². The van der Waals surface area contributed by atoms with Crippen LogP contribution < -0.4 is 10.5 Å². The Morgan fingerprint density at radius 2 is 2.19 bits per heavy atom. The standard InChI is InChI=1S/C9H18N4O2S/c1-8-12-9(7-13(8)2)16(14,15)11-6-4-3-5-10/h7,11H,3-6,10H2,1-2H3. The third-order valence-corrected chi connectivity index (χ3v) is 3.62. The minimum absolute atomic E-state index is 0.0697. The molecule has 1 heterocycles. The molecule has 0 aliphatic heterocycles. The number of nitrogens with zero attached hydrogens (tertiary/aromatic N) is 2. The summed E-state index contributed by atoms with van der Waals surface area (Å²) in [5.41, 5.74) is 5.32. The maximum absolute atomic E-state index is 11.7. The second kappa shape index (κ2) is 5.42. The van der Waals surface area contributed by atoms with E-state index in [4.69, 9.17) is 5.73 Å². The Balaban J connectivity index is 2.64. The molecular weight excluding hydrogens is 228 g/mol. The van der Waals surface area contributed by atoms with Crippen molar-refractivity contribution in [3.8, 4) is 0 Å². The third kappa shape index (κ3) is 3.29. The zero-order chi connectivity index (χ0) is 12.2. The van der Waals surface area contributed by atoms with Gasteiger partial charge < -0.3 is 10.3 Å². The lowest BCUT2D eigenvalue weighted by molar-refractivity contribution is 0.573. The molecule has 0 fully saturated rings. The molecule has 0 saturated heterocycles. The molecule has 1 aromatic heterocycles. The van der Waals surface area contributed by atoms with Gasteiger partial charge in [-0.05, 0) is 26.3 Å². The van der Waals surface area contributed by atoms with Crippen LogP contribution in [-0.4, -0.2) is 31.1 Å². The molecule has 7 heteroatoms. The van der Waals surface area contributed by atoms with Gasteiger partial charge in [-0.15, -0.1) is 0 Å². The van der Waals surface area contributed by atoms with E-state index in [-0.39, 0.29) is 5.03 Å². The smallest absolute Gasteiger partial charge is 0.259 e. The zero-order valence-electron chi connectivity index (χ0n) is 9.60. The summed E-state index contributed by atoms with van der Waals surface area (Å²) in [7, 11) is -1.71. The molecule has 0 saturated carbocycles. The molecular formula is C9H18N4O2S. The lowest BCUT2D eigenvalue weighted by atomic mass is 10.3. The van der Waals surface area contributed by atoms with Gasteiger partial charge in [0.1, 0.15) is 5.82 Å². The second-order valence-corrected chi connectivity index (χ2v) is 5.34. The predicted molar refractivity (Wildman–Crippen MR) is 61.4 cm³/mol. The van der Waals surface area contributed by atoms with Gasteiger partial charge in [0.25, 0.3) is 10.0 Å². The summed E-state index contributed by atoms with van der Waals surface area (Å²) >= 11 is 0. The molecule has 3 N–H and O–H groups in total. The molecule has 0 aliphatic rings. The van der Waals surface area contributed by atoms with Gasteiger partial charge in [0.05, 0.1) is 0 Å². The van der Waals surface area contributed by atoms with Crippen molar-refractivity contribution in [3.05, 3.63) is 12.0 Å². The van der Waals surface area contributed by atoms with Crippen LogP contribution in [0.3, 0.4) is 0 Å². The van der Waals surface area contributed by atoms with Crippen molar-refractivity contribution >= 4 is 10.0 Å². The Bertz CT molecular complexity index is 419. The fraction of sp³-hybridized carbons (Fsp3) is 0.667. The van der Waals surface area contributed by atoms with Crippen molar-refractivity contribution in [1.29, 1.82) is 0 Å². The number of hydrogen-bond donors (Lipinski definition) is 2. The molecule has 0 aliphatic carbocycles. The van der Waals surface area contributed by atoms with E-state index in [1.54, 1.807) is 18.5 Å². The summed E-state index contributed by atoms with van der Waals surface area (Å²) in [4.78, 5) is 3.97. The molecule has 0 aromatic carbocycles. The highest BCUT2D eigenvalue weighted by Crippen LogP contribution is 2.07. The van der Waals surface area contributed by atoms with E-state index < -0.39 is 10.0 Å². The Labute approximate surface area is 95.9 Å². The molecule has 16 heavy (non-hydrogen) atoms. The number of hydrogen-bond acceptors (Lipinski definition) is 4. The molecule has 0 atom stereocenters. The Hall–Kier alpha value is -0.920. The van der Waals surface area contributed by atoms with Crippen LogP contribution in [0.25, 0.3) is 0 Å². The van der Waals surface area contributed by atoms with E-state index in [1.807, 2.05) is 0 Å². The molecule has 0 amide bonds. The second-order valence-electron chi connectivity index (χ2n) is 3.63. The molecule has 0 unspecified atom stereocenters. The summed E-state index contributed by atoms with van der Waals surface area (Å²) in [5.74, 6) is 0.669. The van der Waals surface area contributed by atoms with E-state index in [0.717, 1.165) is 12.8 Å². The molecule has 92 valence electrons. The first-order valence-corrected chi connectivity index (χ1v) is 6.65. The number of aryl methyl sites for hydroxylation is 2. The van der Waals surface area contributed by atoms with Gasteiger partial charge in [0.2, 0.25) is 0 Å². The number of rotatable bonds is 6. The lowest BCUT2D eigenvalue weighted by Crippen LogP contribution is -2.25. The summed E-state index contributed by atoms with van der Waals surface area (Å²) in [6, 6.07) is 0. The minimum Gasteiger partial charge on any atom is -0.337 e. The van der Waals surface area contributed by atoms with Crippen LogP contribution in [0.5, 0.6) is 0 Å². The van der Waals surface area contributed by atoms with E-state index in [9.17, 15) is 8.42 Å². The van der Waals surface area contributed by atoms with Crippen LogP contribution in [0.15, 0.2) is 11.2 Å². The maximum atomic E-state index is 11.7.